The number of unbranched alkanes of at least 4 members (excludes halogenated alkanes) is 1. The molecule has 1 aromatic rings. The third-order valence-electron chi connectivity index (χ3n) is 9.15. The lowest BCUT2D eigenvalue weighted by molar-refractivity contribution is -0.141. The molecule has 2 saturated heterocycles. The smallest absolute Gasteiger partial charge is 0.315 e. The maximum Gasteiger partial charge on any atom is 0.315 e. The van der Waals surface area contributed by atoms with Gasteiger partial charge in [0, 0.05) is 18.6 Å². The van der Waals surface area contributed by atoms with Gasteiger partial charge in [-0.15, -0.1) is 16.9 Å². The summed E-state index contributed by atoms with van der Waals surface area (Å²) in [5, 5.41) is 23.8. The van der Waals surface area contributed by atoms with E-state index >= 15 is 0 Å². The maximum absolute atomic E-state index is 11.9. The second-order valence-corrected chi connectivity index (χ2v) is 13.5. The SMILES string of the molecule is CC(=O)OCC1C2CCc3nnn(CCOCCOCCOCCO[C@@H]4S[C@@H](CCCCC(=O)O)[C@H]5NC(=O)N[C@H]54)c3CCC21. The summed E-state index contributed by atoms with van der Waals surface area (Å²) >= 11 is 1.69. The number of carbonyl (C=O) groups is 3. The first kappa shape index (κ1) is 33.9. The van der Waals surface area contributed by atoms with Crippen molar-refractivity contribution in [3.05, 3.63) is 11.4 Å². The Balaban J connectivity index is 0.866. The number of aliphatic carboxylic acids is 1. The second-order valence-electron chi connectivity index (χ2n) is 12.1. The highest BCUT2D eigenvalue weighted by Crippen LogP contribution is 2.52. The van der Waals surface area contributed by atoms with E-state index in [1.807, 2.05) is 4.68 Å². The van der Waals surface area contributed by atoms with E-state index in [0.717, 1.165) is 44.2 Å². The number of urea groups is 1. The van der Waals surface area contributed by atoms with E-state index in [9.17, 15) is 14.4 Å². The molecule has 0 aromatic carbocycles. The Morgan fingerprint density at radius 2 is 1.64 bits per heavy atom. The number of aromatic nitrogens is 3. The van der Waals surface area contributed by atoms with Crippen molar-refractivity contribution in [2.45, 2.75) is 87.6 Å². The van der Waals surface area contributed by atoms with Crippen LogP contribution in [0.25, 0.3) is 0 Å². The number of nitrogens with zero attached hydrogens (tertiary/aromatic N) is 3. The first-order valence-electron chi connectivity index (χ1n) is 16.2. The Hall–Kier alpha value is -2.46. The minimum Gasteiger partial charge on any atom is -0.481 e. The number of carbonyl (C=O) groups excluding carboxylic acids is 2. The Bertz CT molecular complexity index is 1140. The number of carboxylic acids is 1. The average Bonchev–Trinajstić information content (AvgIpc) is 3.23. The van der Waals surface area contributed by atoms with Crippen LogP contribution in [0.2, 0.25) is 0 Å². The highest BCUT2D eigenvalue weighted by molar-refractivity contribution is 8.00. The number of hydrogen-bond donors (Lipinski definition) is 3. The van der Waals surface area contributed by atoms with Gasteiger partial charge in [0.25, 0.3) is 0 Å². The molecular formula is C30H47N5O9S. The molecule has 15 heteroatoms. The summed E-state index contributed by atoms with van der Waals surface area (Å²) in [5.41, 5.74) is 2.13. The normalized spacial score (nSPS) is 28.3. The first-order valence-corrected chi connectivity index (χ1v) is 17.2. The Kier molecular flexibility index (Phi) is 12.7. The van der Waals surface area contributed by atoms with E-state index in [2.05, 4.69) is 20.9 Å². The summed E-state index contributed by atoms with van der Waals surface area (Å²) in [6.45, 7) is 5.91. The number of carboxylic acid groups (broad SMARTS) is 1. The van der Waals surface area contributed by atoms with Gasteiger partial charge in [-0.3, -0.25) is 9.59 Å². The third kappa shape index (κ3) is 9.77. The number of rotatable bonds is 20. The monoisotopic (exact) mass is 653 g/mol. The molecule has 45 heavy (non-hydrogen) atoms. The fourth-order valence-corrected chi connectivity index (χ4v) is 8.45. The minimum absolute atomic E-state index is 0.0101. The van der Waals surface area contributed by atoms with Gasteiger partial charge in [0.1, 0.15) is 5.44 Å². The van der Waals surface area contributed by atoms with Gasteiger partial charge >= 0.3 is 18.0 Å². The predicted molar refractivity (Wildman–Crippen MR) is 163 cm³/mol. The van der Waals surface area contributed by atoms with Gasteiger partial charge in [0.05, 0.1) is 82.9 Å². The van der Waals surface area contributed by atoms with Gasteiger partial charge in [-0.05, 0) is 56.3 Å². The number of amides is 2. The van der Waals surface area contributed by atoms with Gasteiger partial charge in [-0.1, -0.05) is 11.6 Å². The topological polar surface area (TPSA) is 172 Å². The van der Waals surface area contributed by atoms with E-state index in [-0.39, 0.29) is 41.2 Å². The number of ether oxygens (including phenoxy) is 5. The summed E-state index contributed by atoms with van der Waals surface area (Å²) in [4.78, 5) is 33.8. The first-order chi connectivity index (χ1) is 21.9. The van der Waals surface area contributed by atoms with E-state index in [1.54, 1.807) is 11.8 Å². The van der Waals surface area contributed by atoms with Gasteiger partial charge in [-0.2, -0.15) is 0 Å². The van der Waals surface area contributed by atoms with Crippen LogP contribution in [0.4, 0.5) is 4.79 Å². The molecule has 3 unspecified atom stereocenters. The lowest BCUT2D eigenvalue weighted by Gasteiger charge is -2.17. The zero-order valence-corrected chi connectivity index (χ0v) is 26.8. The minimum atomic E-state index is -0.780. The van der Waals surface area contributed by atoms with Crippen LogP contribution in [0.3, 0.4) is 0 Å². The molecule has 3 N–H and O–H groups in total. The van der Waals surface area contributed by atoms with Crippen LogP contribution in [-0.4, -0.2) is 114 Å². The summed E-state index contributed by atoms with van der Waals surface area (Å²) < 4.78 is 30.3. The molecule has 7 atom stereocenters. The molecule has 14 nitrogen and oxygen atoms in total. The van der Waals surface area contributed by atoms with Crippen molar-refractivity contribution >= 4 is 29.7 Å². The zero-order valence-electron chi connectivity index (χ0n) is 26.0. The molecule has 4 aliphatic rings. The average molecular weight is 654 g/mol. The lowest BCUT2D eigenvalue weighted by Crippen LogP contribution is -2.40. The Morgan fingerprint density at radius 1 is 0.956 bits per heavy atom. The third-order valence-corrected chi connectivity index (χ3v) is 10.7. The van der Waals surface area contributed by atoms with Crippen LogP contribution in [0.1, 0.15) is 56.8 Å². The van der Waals surface area contributed by atoms with E-state index in [4.69, 9.17) is 28.8 Å². The van der Waals surface area contributed by atoms with Crippen molar-refractivity contribution in [2.24, 2.45) is 17.8 Å². The molecule has 5 rings (SSSR count). The molecule has 3 heterocycles. The summed E-state index contributed by atoms with van der Waals surface area (Å²) in [5.74, 6) is 0.764. The molecule has 1 saturated carbocycles. The number of fused-ring (bicyclic) bond motifs is 3. The molecule has 2 amide bonds. The molecule has 2 aliphatic carbocycles. The number of aryl methyl sites for hydroxylation is 1. The number of thioether (sulfide) groups is 1. The molecule has 252 valence electrons. The van der Waals surface area contributed by atoms with Crippen molar-refractivity contribution < 1.29 is 43.2 Å². The molecule has 1 aromatic heterocycles. The maximum atomic E-state index is 11.9. The second kappa shape index (κ2) is 16.9. The van der Waals surface area contributed by atoms with E-state index in [0.29, 0.717) is 83.6 Å². The summed E-state index contributed by atoms with van der Waals surface area (Å²) in [7, 11) is 0. The van der Waals surface area contributed by atoms with Gasteiger partial charge in [-0.25, -0.2) is 9.48 Å². The molecular weight excluding hydrogens is 606 g/mol. The number of hydrogen-bond acceptors (Lipinski definition) is 11. The Labute approximate surface area is 267 Å². The summed E-state index contributed by atoms with van der Waals surface area (Å²) in [6, 6.07) is -0.291. The lowest BCUT2D eigenvalue weighted by atomic mass is 10.0. The predicted octanol–water partition coefficient (Wildman–Crippen LogP) is 1.79. The number of esters is 1. The number of nitrogens with one attached hydrogen (secondary N) is 2. The molecule has 0 bridgehead atoms. The van der Waals surface area contributed by atoms with Crippen LogP contribution in [-0.2, 0) is 52.7 Å². The van der Waals surface area contributed by atoms with Crippen molar-refractivity contribution in [3.63, 3.8) is 0 Å². The molecule has 3 fully saturated rings. The van der Waals surface area contributed by atoms with E-state index < -0.39 is 5.97 Å². The Morgan fingerprint density at radius 3 is 2.38 bits per heavy atom. The highest BCUT2D eigenvalue weighted by atomic mass is 32.2. The highest BCUT2D eigenvalue weighted by Gasteiger charge is 2.51. The van der Waals surface area contributed by atoms with Crippen molar-refractivity contribution in [2.75, 3.05) is 52.9 Å². The quantitative estimate of drug-likeness (QED) is 0.106. The van der Waals surface area contributed by atoms with Gasteiger partial charge < -0.3 is 39.4 Å². The summed E-state index contributed by atoms with van der Waals surface area (Å²) in [6.07, 6.45) is 6.45. The van der Waals surface area contributed by atoms with Crippen LogP contribution < -0.4 is 10.6 Å². The van der Waals surface area contributed by atoms with Gasteiger partial charge in [0.15, 0.2) is 0 Å². The van der Waals surface area contributed by atoms with Crippen molar-refractivity contribution in [3.8, 4) is 0 Å². The zero-order chi connectivity index (χ0) is 31.6. The largest absolute Gasteiger partial charge is 0.481 e. The standard InChI is InChI=1S/C30H47N5O9S/c1-19(36)44-18-22-20-6-8-23-24(9-7-21(20)22)35(34-33-23)10-11-40-12-13-41-14-15-42-16-17-43-29-28-27(31-30(39)32-28)25(45-29)4-2-3-5-26(37)38/h20-22,25,27-29H,2-18H2,1H3,(H,37,38)(H2,31,32,39)/t20?,21?,22?,25-,27+,28+,29+/m0/s1. The van der Waals surface area contributed by atoms with Crippen LogP contribution in [0, 0.1) is 17.8 Å². The van der Waals surface area contributed by atoms with E-state index in [1.165, 1.54) is 12.6 Å². The molecule has 0 radical (unpaired) electrons. The molecule has 2 aliphatic heterocycles. The fraction of sp³-hybridized carbons (Fsp3) is 0.833. The molecule has 0 spiro atoms. The van der Waals surface area contributed by atoms with Crippen LogP contribution in [0.15, 0.2) is 0 Å². The van der Waals surface area contributed by atoms with Gasteiger partial charge in [0.2, 0.25) is 0 Å². The van der Waals surface area contributed by atoms with Crippen LogP contribution >= 0.6 is 11.8 Å². The van der Waals surface area contributed by atoms with Crippen LogP contribution in [0.5, 0.6) is 0 Å². The van der Waals surface area contributed by atoms with Crippen molar-refractivity contribution in [1.29, 1.82) is 0 Å². The van der Waals surface area contributed by atoms with Crippen molar-refractivity contribution in [1.82, 2.24) is 25.6 Å². The fourth-order valence-electron chi connectivity index (χ4n) is 6.82.